The molecule has 15 heteroatoms. The van der Waals surface area contributed by atoms with Crippen molar-refractivity contribution in [2.24, 2.45) is 35.5 Å². The van der Waals surface area contributed by atoms with Crippen molar-refractivity contribution >= 4 is 29.2 Å². The van der Waals surface area contributed by atoms with E-state index in [-0.39, 0.29) is 72.0 Å². The second kappa shape index (κ2) is 28.8. The topological polar surface area (TPSA) is 209 Å². The first kappa shape index (κ1) is 59.5. The maximum Gasteiger partial charge on any atom is 1.00 e. The minimum Gasteiger partial charge on any atom is -0.548 e. The Hall–Kier alpha value is -2.63. The number of likely N-dealkylation sites (tertiary alicyclic amines) is 1. The third-order valence-electron chi connectivity index (χ3n) is 13.7. The van der Waals surface area contributed by atoms with Crippen molar-refractivity contribution in [3.63, 3.8) is 0 Å². The zero-order valence-corrected chi connectivity index (χ0v) is 43.5. The van der Waals surface area contributed by atoms with E-state index in [1.165, 1.54) is 7.11 Å². The first-order valence-electron chi connectivity index (χ1n) is 23.5. The quantitative estimate of drug-likeness (QED) is 0.0418. The monoisotopic (exact) mass is 936 g/mol. The van der Waals surface area contributed by atoms with E-state index >= 15 is 0 Å². The van der Waals surface area contributed by atoms with Crippen LogP contribution in [0.5, 0.6) is 0 Å². The minimum atomic E-state index is -2.40. The molecule has 1 amide bonds. The fourth-order valence-electron chi connectivity index (χ4n) is 9.47. The first-order chi connectivity index (χ1) is 30.7. The number of allylic oxidation sites excluding steroid dienone is 8. The molecule has 366 valence electrons. The number of methoxy groups -OCH3 is 3. The van der Waals surface area contributed by atoms with Crippen LogP contribution in [-0.4, -0.2) is 126 Å². The second-order valence-corrected chi connectivity index (χ2v) is 19.0. The van der Waals surface area contributed by atoms with Crippen LogP contribution in [0.3, 0.4) is 0 Å². The van der Waals surface area contributed by atoms with Gasteiger partial charge >= 0.3 is 29.6 Å². The van der Waals surface area contributed by atoms with Crippen LogP contribution in [0, 0.1) is 35.5 Å². The summed E-state index contributed by atoms with van der Waals surface area (Å²) in [4.78, 5) is 65.8. The Balaban J connectivity index is 0.0000150. The first-order valence-corrected chi connectivity index (χ1v) is 23.5. The summed E-state index contributed by atoms with van der Waals surface area (Å²) in [5.41, 5.74) is 1.34. The number of hydrogen-bond acceptors (Lipinski definition) is 13. The molecular formula is C51H78NNaO13. The number of carboxylic acid groups (broad SMARTS) is 1. The van der Waals surface area contributed by atoms with Crippen LogP contribution in [0.25, 0.3) is 0 Å². The molecule has 0 spiro atoms. The summed E-state index contributed by atoms with van der Waals surface area (Å²) in [6.45, 7) is 12.9. The molecule has 3 fully saturated rings. The van der Waals surface area contributed by atoms with Gasteiger partial charge in [-0.2, -0.15) is 0 Å². The van der Waals surface area contributed by atoms with Crippen molar-refractivity contribution in [3.05, 3.63) is 59.8 Å². The molecule has 14 nitrogen and oxygen atoms in total. The normalized spacial score (nSPS) is 28.9. The van der Waals surface area contributed by atoms with Crippen LogP contribution in [0.1, 0.15) is 119 Å². The zero-order valence-electron chi connectivity index (χ0n) is 41.5. The molecule has 0 aromatic carbocycles. The average molecular weight is 936 g/mol. The molecule has 0 aromatic rings. The van der Waals surface area contributed by atoms with Gasteiger partial charge < -0.3 is 49.1 Å². The molecular weight excluding hydrogens is 858 g/mol. The maximum absolute atomic E-state index is 13.5. The summed E-state index contributed by atoms with van der Waals surface area (Å²) in [5, 5.41) is 44.4. The number of aliphatic hydroxyl groups is 3. The number of carboxylic acids is 1. The van der Waals surface area contributed by atoms with Gasteiger partial charge in [0.2, 0.25) is 5.79 Å². The van der Waals surface area contributed by atoms with Crippen LogP contribution < -0.4 is 34.7 Å². The Labute approximate surface area is 415 Å². The number of aliphatic hydroxyl groups excluding tert-OH is 2. The molecule has 3 N–H and O–H groups in total. The van der Waals surface area contributed by atoms with E-state index in [2.05, 4.69) is 6.92 Å². The van der Waals surface area contributed by atoms with Gasteiger partial charge in [0.05, 0.1) is 36.4 Å². The number of amides is 1. The molecule has 2 saturated heterocycles. The number of aliphatic carboxylic acids is 1. The number of nitrogens with zero attached hydrogens (tertiary/aromatic N) is 1. The molecule has 1 aliphatic carbocycles. The van der Waals surface area contributed by atoms with E-state index in [0.717, 1.165) is 29.7 Å². The van der Waals surface area contributed by atoms with Crippen LogP contribution >= 0.6 is 0 Å². The summed E-state index contributed by atoms with van der Waals surface area (Å²) in [5.74, 6) is -7.43. The summed E-state index contributed by atoms with van der Waals surface area (Å²) in [6, 6.07) is -1.23. The fourth-order valence-corrected chi connectivity index (χ4v) is 9.47. The molecule has 0 radical (unpaired) electrons. The largest absolute Gasteiger partial charge is 1.00 e. The summed E-state index contributed by atoms with van der Waals surface area (Å²) in [6.07, 6.45) is 17.1. The summed E-state index contributed by atoms with van der Waals surface area (Å²) in [7, 11) is 4.57. The molecule has 2 heterocycles. The fraction of sp³-hybridized carbons (Fsp3) is 0.706. The van der Waals surface area contributed by atoms with Crippen LogP contribution in [-0.2, 0) is 42.9 Å². The van der Waals surface area contributed by atoms with Gasteiger partial charge in [0.15, 0.2) is 11.6 Å². The average Bonchev–Trinajstić information content (AvgIpc) is 3.28. The minimum absolute atomic E-state index is 0. The van der Waals surface area contributed by atoms with E-state index in [9.17, 15) is 44.4 Å². The Morgan fingerprint density at radius 3 is 2.21 bits per heavy atom. The summed E-state index contributed by atoms with van der Waals surface area (Å²) >= 11 is 0. The molecule has 1 saturated carbocycles. The third-order valence-corrected chi connectivity index (χ3v) is 13.7. The molecule has 66 heavy (non-hydrogen) atoms. The van der Waals surface area contributed by atoms with Gasteiger partial charge in [-0.3, -0.25) is 19.2 Å². The number of ketones is 3. The van der Waals surface area contributed by atoms with Gasteiger partial charge in [0.25, 0.3) is 11.7 Å². The molecule has 0 bridgehead atoms. The van der Waals surface area contributed by atoms with Crippen LogP contribution in [0.4, 0.5) is 0 Å². The standard InChI is InChI=1S/C51H79NO13.Na/c1-31(26-35(5)45(55)47(64-10)46(56)36(6)28-34(4)41(53)23-19-32(2)27-38-21-24-42(54)44(29-38)63-9)16-12-11-13-17-33(3)43(62-8)30-39-22-20-37(7)51(61,65-39)48(57)49(58)52-25-15-14-18-40(52)50(59)60;/h11-13,16-17,19,23,28,31-32,34-35,37-40,42-44,46-47,54,56,61H,14-15,18,20-22,24-27,29-30H2,1-10H3,(H,59,60);/q;+1/p-1/b13-11+,16-12+,23-19?,33-17+,36-28+;/t31-,32+,34-,35-,37-,38+,39+,40+,42-,43+,44-,46-,47+,51-;/m1./s1. The number of carbonyl (C=O) groups is 5. The van der Waals surface area contributed by atoms with Gasteiger partial charge in [-0.25, -0.2) is 0 Å². The molecule has 3 aliphatic rings. The predicted octanol–water partition coefficient (Wildman–Crippen LogP) is 2.18. The van der Waals surface area contributed by atoms with E-state index in [4.69, 9.17) is 18.9 Å². The van der Waals surface area contributed by atoms with E-state index in [1.54, 1.807) is 47.1 Å². The Bertz CT molecular complexity index is 1760. The predicted molar refractivity (Wildman–Crippen MR) is 245 cm³/mol. The van der Waals surface area contributed by atoms with E-state index < -0.39 is 77.8 Å². The van der Waals surface area contributed by atoms with Crippen molar-refractivity contribution in [2.75, 3.05) is 27.9 Å². The Kier molecular flexibility index (Phi) is 25.9. The van der Waals surface area contributed by atoms with Gasteiger partial charge in [-0.1, -0.05) is 77.2 Å². The number of carbonyl (C=O) groups excluding carboxylic acids is 5. The van der Waals surface area contributed by atoms with Crippen molar-refractivity contribution in [1.29, 1.82) is 0 Å². The van der Waals surface area contributed by atoms with Crippen molar-refractivity contribution in [2.45, 2.75) is 168 Å². The summed E-state index contributed by atoms with van der Waals surface area (Å²) < 4.78 is 22.6. The van der Waals surface area contributed by atoms with Crippen LogP contribution in [0.2, 0.25) is 0 Å². The molecule has 0 unspecified atom stereocenters. The SMILES string of the molecule is CO[C@@H](C[C@@H]1CC[C@@H](C)[C@](O)(C(=O)C(=O)N2CCCC[C@H]2C(=O)[O-])O1)/C(C)=C/C=C/C=C/[C@@H](C)C[C@@H](C)C(=O)[C@H](OC)[C@H](O)/C(C)=C/[C@@H](C)C(=O)C=C[C@H](C)C[C@@H]1CC[C@@H](O)[C@H](OC)C1.[Na+]. The molecule has 14 atom stereocenters. The van der Waals surface area contributed by atoms with Gasteiger partial charge in [0.1, 0.15) is 12.2 Å². The molecule has 0 aromatic heterocycles. The number of ether oxygens (including phenoxy) is 4. The van der Waals surface area contributed by atoms with Crippen LogP contribution in [0.15, 0.2) is 59.8 Å². The van der Waals surface area contributed by atoms with E-state index in [1.807, 2.05) is 57.2 Å². The molecule has 3 rings (SSSR count). The Morgan fingerprint density at radius 1 is 0.879 bits per heavy atom. The van der Waals surface area contributed by atoms with Gasteiger partial charge in [-0.05, 0) is 113 Å². The number of Topliss-reactive ketones (excluding diaryl/α,β-unsaturated/α-hetero) is 2. The third kappa shape index (κ3) is 17.1. The number of piperidine rings is 1. The maximum atomic E-state index is 13.5. The smallest absolute Gasteiger partial charge is 0.548 e. The van der Waals surface area contributed by atoms with Crippen molar-refractivity contribution < 1.29 is 92.9 Å². The second-order valence-electron chi connectivity index (χ2n) is 19.0. The van der Waals surface area contributed by atoms with Gasteiger partial charge in [-0.15, -0.1) is 0 Å². The zero-order chi connectivity index (χ0) is 48.6. The molecule has 2 aliphatic heterocycles. The van der Waals surface area contributed by atoms with Crippen molar-refractivity contribution in [3.8, 4) is 0 Å². The van der Waals surface area contributed by atoms with E-state index in [0.29, 0.717) is 56.4 Å². The van der Waals surface area contributed by atoms with Crippen molar-refractivity contribution in [1.82, 2.24) is 4.90 Å². The Morgan fingerprint density at radius 2 is 1.58 bits per heavy atom. The number of hydrogen-bond donors (Lipinski definition) is 3. The van der Waals surface area contributed by atoms with Gasteiger partial charge in [0, 0.05) is 52.0 Å². The number of rotatable bonds is 24.